The third-order valence-electron chi connectivity index (χ3n) is 0.891. The van der Waals surface area contributed by atoms with E-state index in [-0.39, 0.29) is 12.1 Å². The minimum Gasteiger partial charge on any atom is -0.371 e. The lowest BCUT2D eigenvalue weighted by molar-refractivity contribution is 0.0765. The molecular formula is C7H13NO. The Balaban J connectivity index is 3.19. The summed E-state index contributed by atoms with van der Waals surface area (Å²) in [5.41, 5.74) is 0. The lowest BCUT2D eigenvalue weighted by Gasteiger charge is -2.04. The normalized spacial score (nSPS) is 13.2. The number of rotatable bonds is 3. The van der Waals surface area contributed by atoms with E-state index in [1.54, 1.807) is 0 Å². The summed E-state index contributed by atoms with van der Waals surface area (Å²) >= 11 is 0. The smallest absolute Gasteiger partial charge is 0.243 e. The fraction of sp³-hybridized carbons (Fsp3) is 0.857. The van der Waals surface area contributed by atoms with Crippen LogP contribution in [0.5, 0.6) is 0 Å². The molecule has 2 nitrogen and oxygen atoms in total. The molecule has 0 aromatic rings. The van der Waals surface area contributed by atoms with Crippen LogP contribution in [0.3, 0.4) is 0 Å². The third kappa shape index (κ3) is 5.32. The van der Waals surface area contributed by atoms with Gasteiger partial charge in [-0.25, -0.2) is 6.57 Å². The van der Waals surface area contributed by atoms with E-state index in [9.17, 15) is 0 Å². The highest BCUT2D eigenvalue weighted by Crippen LogP contribution is 1.93. The molecule has 1 atom stereocenters. The summed E-state index contributed by atoms with van der Waals surface area (Å²) in [6, 6.07) is 0.00685. The maximum Gasteiger partial charge on any atom is 0.243 e. The molecule has 2 heteroatoms. The first-order valence-electron chi connectivity index (χ1n) is 3.15. The zero-order valence-electron chi connectivity index (χ0n) is 6.22. The summed E-state index contributed by atoms with van der Waals surface area (Å²) in [4.78, 5) is 3.29. The minimum absolute atomic E-state index is 0.00685. The van der Waals surface area contributed by atoms with Crippen molar-refractivity contribution in [3.8, 4) is 0 Å². The van der Waals surface area contributed by atoms with Gasteiger partial charge in [0.15, 0.2) is 0 Å². The van der Waals surface area contributed by atoms with Gasteiger partial charge in [-0.15, -0.1) is 0 Å². The first kappa shape index (κ1) is 8.45. The molecule has 0 aliphatic rings. The number of nitrogens with zero attached hydrogens (tertiary/aromatic N) is 1. The first-order chi connectivity index (χ1) is 4.16. The van der Waals surface area contributed by atoms with E-state index >= 15 is 0 Å². The standard InChI is InChI=1S/C7H13NO/c1-6(2)9-5-7(3)8-4/h6-7H,5H2,1-3H3. The molecule has 0 saturated carbocycles. The quantitative estimate of drug-likeness (QED) is 0.526. The van der Waals surface area contributed by atoms with E-state index in [1.807, 2.05) is 20.8 Å². The molecule has 0 radical (unpaired) electrons. The molecule has 9 heavy (non-hydrogen) atoms. The van der Waals surface area contributed by atoms with E-state index in [2.05, 4.69) is 4.85 Å². The molecule has 0 heterocycles. The van der Waals surface area contributed by atoms with Crippen molar-refractivity contribution in [1.29, 1.82) is 0 Å². The molecule has 0 N–H and O–H groups in total. The fourth-order valence-corrected chi connectivity index (χ4v) is 0.369. The van der Waals surface area contributed by atoms with Crippen molar-refractivity contribution in [3.63, 3.8) is 0 Å². The van der Waals surface area contributed by atoms with Crippen LogP contribution in [0.2, 0.25) is 0 Å². The van der Waals surface area contributed by atoms with Crippen LogP contribution in [0, 0.1) is 6.57 Å². The third-order valence-corrected chi connectivity index (χ3v) is 0.891. The molecule has 0 fully saturated rings. The van der Waals surface area contributed by atoms with Crippen LogP contribution in [0.25, 0.3) is 4.85 Å². The molecule has 0 aromatic heterocycles. The average Bonchev–Trinajstić information content (AvgIpc) is 1.83. The summed E-state index contributed by atoms with van der Waals surface area (Å²) in [5.74, 6) is 0. The highest BCUT2D eigenvalue weighted by molar-refractivity contribution is 4.71. The zero-order chi connectivity index (χ0) is 7.28. The van der Waals surface area contributed by atoms with Crippen LogP contribution >= 0.6 is 0 Å². The van der Waals surface area contributed by atoms with Crippen LogP contribution in [-0.4, -0.2) is 18.8 Å². The van der Waals surface area contributed by atoms with Gasteiger partial charge in [0.05, 0.1) is 6.10 Å². The van der Waals surface area contributed by atoms with E-state index in [1.165, 1.54) is 0 Å². The Kier molecular flexibility index (Phi) is 4.08. The number of ether oxygens (including phenoxy) is 1. The second-order valence-electron chi connectivity index (χ2n) is 2.36. The Morgan fingerprint density at radius 1 is 1.44 bits per heavy atom. The van der Waals surface area contributed by atoms with Crippen LogP contribution in [0.1, 0.15) is 20.8 Å². The van der Waals surface area contributed by atoms with Gasteiger partial charge in [0.2, 0.25) is 6.04 Å². The summed E-state index contributed by atoms with van der Waals surface area (Å²) in [7, 11) is 0. The minimum atomic E-state index is 0.00685. The zero-order valence-corrected chi connectivity index (χ0v) is 6.22. The predicted molar refractivity (Wildman–Crippen MR) is 37.2 cm³/mol. The highest BCUT2D eigenvalue weighted by Gasteiger charge is 2.03. The predicted octanol–water partition coefficient (Wildman–Crippen LogP) is 1.72. The van der Waals surface area contributed by atoms with E-state index in [4.69, 9.17) is 11.3 Å². The van der Waals surface area contributed by atoms with Crippen molar-refractivity contribution >= 4 is 0 Å². The molecule has 0 aliphatic carbocycles. The average molecular weight is 127 g/mol. The number of hydrogen-bond acceptors (Lipinski definition) is 1. The van der Waals surface area contributed by atoms with Crippen molar-refractivity contribution in [2.24, 2.45) is 0 Å². The van der Waals surface area contributed by atoms with Crippen molar-refractivity contribution in [2.75, 3.05) is 6.61 Å². The fourth-order valence-electron chi connectivity index (χ4n) is 0.369. The Labute approximate surface area is 56.6 Å². The molecule has 0 bridgehead atoms. The molecule has 1 unspecified atom stereocenters. The molecule has 0 saturated heterocycles. The Morgan fingerprint density at radius 2 is 2.00 bits per heavy atom. The number of hydrogen-bond donors (Lipinski definition) is 0. The lowest BCUT2D eigenvalue weighted by Crippen LogP contribution is -2.11. The van der Waals surface area contributed by atoms with E-state index < -0.39 is 0 Å². The SMILES string of the molecule is [C-]#[N+]C(C)COC(C)C. The van der Waals surface area contributed by atoms with Gasteiger partial charge in [-0.1, -0.05) is 0 Å². The summed E-state index contributed by atoms with van der Waals surface area (Å²) in [6.07, 6.45) is 0.245. The van der Waals surface area contributed by atoms with Crippen molar-refractivity contribution in [3.05, 3.63) is 11.4 Å². The Bertz CT molecular complexity index is 104. The van der Waals surface area contributed by atoms with Gasteiger partial charge >= 0.3 is 0 Å². The van der Waals surface area contributed by atoms with E-state index in [0.717, 1.165) is 0 Å². The van der Waals surface area contributed by atoms with Gasteiger partial charge in [0, 0.05) is 6.92 Å². The van der Waals surface area contributed by atoms with E-state index in [0.29, 0.717) is 6.61 Å². The monoisotopic (exact) mass is 127 g/mol. The highest BCUT2D eigenvalue weighted by atomic mass is 16.5. The largest absolute Gasteiger partial charge is 0.371 e. The van der Waals surface area contributed by atoms with Crippen LogP contribution in [0.4, 0.5) is 0 Å². The van der Waals surface area contributed by atoms with Crippen LogP contribution in [0.15, 0.2) is 0 Å². The molecule has 0 amide bonds. The second kappa shape index (κ2) is 4.34. The van der Waals surface area contributed by atoms with Gasteiger partial charge in [0.25, 0.3) is 0 Å². The van der Waals surface area contributed by atoms with Gasteiger partial charge in [-0.05, 0) is 13.8 Å². The molecular weight excluding hydrogens is 114 g/mol. The van der Waals surface area contributed by atoms with Gasteiger partial charge in [0.1, 0.15) is 6.61 Å². The van der Waals surface area contributed by atoms with Gasteiger partial charge in [-0.3, -0.25) is 0 Å². The molecule has 0 spiro atoms. The molecule has 52 valence electrons. The Hall–Kier alpha value is -0.550. The summed E-state index contributed by atoms with van der Waals surface area (Å²) in [6.45, 7) is 12.9. The molecule has 0 aromatic carbocycles. The van der Waals surface area contributed by atoms with Crippen LogP contribution in [-0.2, 0) is 4.74 Å². The molecule has 0 rings (SSSR count). The maximum atomic E-state index is 6.60. The lowest BCUT2D eigenvalue weighted by atomic mass is 10.4. The van der Waals surface area contributed by atoms with Crippen molar-refractivity contribution in [1.82, 2.24) is 0 Å². The molecule has 0 aliphatic heterocycles. The van der Waals surface area contributed by atoms with Crippen molar-refractivity contribution < 1.29 is 4.74 Å². The van der Waals surface area contributed by atoms with Gasteiger partial charge < -0.3 is 9.58 Å². The van der Waals surface area contributed by atoms with Crippen molar-refractivity contribution in [2.45, 2.75) is 32.9 Å². The summed E-state index contributed by atoms with van der Waals surface area (Å²) in [5, 5.41) is 0. The van der Waals surface area contributed by atoms with Gasteiger partial charge in [-0.2, -0.15) is 0 Å². The summed E-state index contributed by atoms with van der Waals surface area (Å²) < 4.78 is 5.18. The second-order valence-corrected chi connectivity index (χ2v) is 2.36. The Morgan fingerprint density at radius 3 is 2.33 bits per heavy atom. The first-order valence-corrected chi connectivity index (χ1v) is 3.15. The maximum absolute atomic E-state index is 6.60. The topological polar surface area (TPSA) is 13.6 Å². The van der Waals surface area contributed by atoms with Crippen LogP contribution < -0.4 is 0 Å².